The summed E-state index contributed by atoms with van der Waals surface area (Å²) in [5.41, 5.74) is 1.22. The van der Waals surface area contributed by atoms with Crippen molar-refractivity contribution in [2.45, 2.75) is 19.3 Å². The minimum absolute atomic E-state index is 0.0999. The minimum atomic E-state index is -0.194. The molecule has 0 atom stereocenters. The fraction of sp³-hybridized carbons (Fsp3) is 0.476. The van der Waals surface area contributed by atoms with E-state index in [0.29, 0.717) is 36.9 Å². The van der Waals surface area contributed by atoms with Gasteiger partial charge in [-0.2, -0.15) is 0 Å². The van der Waals surface area contributed by atoms with Crippen LogP contribution in [0.5, 0.6) is 5.75 Å². The van der Waals surface area contributed by atoms with Crippen LogP contribution in [0.1, 0.15) is 29.8 Å². The van der Waals surface area contributed by atoms with Gasteiger partial charge in [-0.25, -0.2) is 4.98 Å². The number of nitrogens with one attached hydrogen (secondary N) is 1. The Hall–Kier alpha value is -2.65. The predicted molar refractivity (Wildman–Crippen MR) is 117 cm³/mol. The zero-order chi connectivity index (χ0) is 21.3. The standard InChI is InChI=1S/C21H28N4O4S/c1-28-14-13-25(12-9-19(26)24-10-3-4-11-24)20(27)18-15-30-21(23-18)22-16-5-7-17(29-2)8-6-16/h5-8,15H,3-4,9-14H2,1-2H3,(H,22,23). The number of benzene rings is 1. The summed E-state index contributed by atoms with van der Waals surface area (Å²) in [7, 11) is 3.22. The maximum absolute atomic E-state index is 13.0. The molecule has 1 aromatic heterocycles. The van der Waals surface area contributed by atoms with Crippen molar-refractivity contribution in [3.05, 3.63) is 35.3 Å². The average molecular weight is 433 g/mol. The van der Waals surface area contributed by atoms with Gasteiger partial charge in [0.1, 0.15) is 11.4 Å². The van der Waals surface area contributed by atoms with E-state index in [1.54, 1.807) is 24.5 Å². The monoisotopic (exact) mass is 432 g/mol. The number of thiazole rings is 1. The number of carbonyl (C=O) groups excluding carboxylic acids is 2. The van der Waals surface area contributed by atoms with Gasteiger partial charge in [-0.1, -0.05) is 0 Å². The van der Waals surface area contributed by atoms with Crippen LogP contribution in [-0.2, 0) is 9.53 Å². The van der Waals surface area contributed by atoms with Crippen LogP contribution >= 0.6 is 11.3 Å². The lowest BCUT2D eigenvalue weighted by atomic mass is 10.3. The second kappa shape index (κ2) is 10.9. The first-order chi connectivity index (χ1) is 14.6. The number of amides is 2. The van der Waals surface area contributed by atoms with Gasteiger partial charge in [0, 0.05) is 50.8 Å². The molecule has 1 aliphatic rings. The predicted octanol–water partition coefficient (Wildman–Crippen LogP) is 3.00. The summed E-state index contributed by atoms with van der Waals surface area (Å²) in [5.74, 6) is 0.677. The third-order valence-corrected chi connectivity index (χ3v) is 5.73. The number of ether oxygens (including phenoxy) is 2. The molecule has 1 saturated heterocycles. The van der Waals surface area contributed by atoms with Gasteiger partial charge in [-0.3, -0.25) is 9.59 Å². The van der Waals surface area contributed by atoms with E-state index in [1.165, 1.54) is 11.3 Å². The summed E-state index contributed by atoms with van der Waals surface area (Å²) in [6.45, 7) is 2.82. The first kappa shape index (κ1) is 22.0. The zero-order valence-corrected chi connectivity index (χ0v) is 18.2. The molecule has 8 nitrogen and oxygen atoms in total. The molecule has 0 aliphatic carbocycles. The van der Waals surface area contributed by atoms with Gasteiger partial charge in [0.15, 0.2) is 5.13 Å². The number of anilines is 2. The summed E-state index contributed by atoms with van der Waals surface area (Å²) in [4.78, 5) is 33.3. The van der Waals surface area contributed by atoms with Crippen LogP contribution in [0, 0.1) is 0 Å². The topological polar surface area (TPSA) is 84.0 Å². The van der Waals surface area contributed by atoms with Crippen LogP contribution in [-0.4, -0.2) is 73.6 Å². The number of carbonyl (C=O) groups is 2. The fourth-order valence-corrected chi connectivity index (χ4v) is 3.97. The molecule has 1 fully saturated rings. The molecule has 0 saturated carbocycles. The SMILES string of the molecule is COCCN(CCC(=O)N1CCCC1)C(=O)c1csc(Nc2ccc(OC)cc2)n1. The molecule has 2 amide bonds. The van der Waals surface area contributed by atoms with Gasteiger partial charge in [0.25, 0.3) is 5.91 Å². The molecular formula is C21H28N4O4S. The second-order valence-corrected chi connectivity index (χ2v) is 7.87. The van der Waals surface area contributed by atoms with Crippen LogP contribution in [0.15, 0.2) is 29.6 Å². The normalized spacial score (nSPS) is 13.3. The van der Waals surface area contributed by atoms with Gasteiger partial charge in [0.05, 0.1) is 13.7 Å². The molecular weight excluding hydrogens is 404 g/mol. The Labute approximate surface area is 180 Å². The first-order valence-corrected chi connectivity index (χ1v) is 10.9. The molecule has 1 aliphatic heterocycles. The van der Waals surface area contributed by atoms with Crippen LogP contribution in [0.2, 0.25) is 0 Å². The fourth-order valence-electron chi connectivity index (χ4n) is 3.26. The van der Waals surface area contributed by atoms with Crippen LogP contribution in [0.4, 0.5) is 10.8 Å². The maximum atomic E-state index is 13.0. The quantitative estimate of drug-likeness (QED) is 0.621. The van der Waals surface area contributed by atoms with Gasteiger partial charge in [0.2, 0.25) is 5.91 Å². The number of likely N-dealkylation sites (tertiary alicyclic amines) is 1. The number of hydrogen-bond acceptors (Lipinski definition) is 7. The van der Waals surface area contributed by atoms with Crippen molar-refractivity contribution in [3.63, 3.8) is 0 Å². The molecule has 162 valence electrons. The number of rotatable bonds is 10. The van der Waals surface area contributed by atoms with Crippen molar-refractivity contribution in [2.24, 2.45) is 0 Å². The average Bonchev–Trinajstić information content (AvgIpc) is 3.46. The Morgan fingerprint density at radius 3 is 2.57 bits per heavy atom. The van der Waals surface area contributed by atoms with E-state index in [1.807, 2.05) is 29.2 Å². The van der Waals surface area contributed by atoms with E-state index in [9.17, 15) is 9.59 Å². The van der Waals surface area contributed by atoms with Crippen molar-refractivity contribution < 1.29 is 19.1 Å². The number of hydrogen-bond donors (Lipinski definition) is 1. The van der Waals surface area contributed by atoms with Gasteiger partial charge >= 0.3 is 0 Å². The maximum Gasteiger partial charge on any atom is 0.273 e. The molecule has 30 heavy (non-hydrogen) atoms. The van der Waals surface area contributed by atoms with Crippen LogP contribution < -0.4 is 10.1 Å². The minimum Gasteiger partial charge on any atom is -0.497 e. The summed E-state index contributed by atoms with van der Waals surface area (Å²) in [6, 6.07) is 7.48. The van der Waals surface area contributed by atoms with Crippen molar-refractivity contribution >= 4 is 34.0 Å². The third kappa shape index (κ3) is 5.93. The van der Waals surface area contributed by atoms with Crippen LogP contribution in [0.3, 0.4) is 0 Å². The molecule has 2 aromatic rings. The Morgan fingerprint density at radius 1 is 1.17 bits per heavy atom. The Bertz CT molecular complexity index is 834. The molecule has 0 radical (unpaired) electrons. The smallest absolute Gasteiger partial charge is 0.273 e. The van der Waals surface area contributed by atoms with E-state index < -0.39 is 0 Å². The van der Waals surface area contributed by atoms with Crippen molar-refractivity contribution in [1.29, 1.82) is 0 Å². The van der Waals surface area contributed by atoms with Crippen molar-refractivity contribution in [3.8, 4) is 5.75 Å². The lowest BCUT2D eigenvalue weighted by Crippen LogP contribution is -2.38. The number of aromatic nitrogens is 1. The van der Waals surface area contributed by atoms with E-state index >= 15 is 0 Å². The molecule has 1 N–H and O–H groups in total. The van der Waals surface area contributed by atoms with Gasteiger partial charge in [-0.05, 0) is 37.1 Å². The Kier molecular flexibility index (Phi) is 8.04. The number of methoxy groups -OCH3 is 2. The molecule has 2 heterocycles. The highest BCUT2D eigenvalue weighted by Gasteiger charge is 2.22. The first-order valence-electron chi connectivity index (χ1n) is 10.0. The molecule has 9 heteroatoms. The van der Waals surface area contributed by atoms with E-state index in [2.05, 4.69) is 10.3 Å². The van der Waals surface area contributed by atoms with Gasteiger partial charge < -0.3 is 24.6 Å². The lowest BCUT2D eigenvalue weighted by molar-refractivity contribution is -0.130. The molecule has 1 aromatic carbocycles. The number of nitrogens with zero attached hydrogens (tertiary/aromatic N) is 3. The highest BCUT2D eigenvalue weighted by molar-refractivity contribution is 7.14. The Morgan fingerprint density at radius 2 is 1.90 bits per heavy atom. The summed E-state index contributed by atoms with van der Waals surface area (Å²) in [5, 5.41) is 5.56. The highest BCUT2D eigenvalue weighted by Crippen LogP contribution is 2.23. The summed E-state index contributed by atoms with van der Waals surface area (Å²) in [6.07, 6.45) is 2.43. The van der Waals surface area contributed by atoms with Crippen molar-refractivity contribution in [2.75, 3.05) is 52.3 Å². The second-order valence-electron chi connectivity index (χ2n) is 7.01. The molecule has 0 unspecified atom stereocenters. The van der Waals surface area contributed by atoms with Crippen molar-refractivity contribution in [1.82, 2.24) is 14.8 Å². The zero-order valence-electron chi connectivity index (χ0n) is 17.4. The summed E-state index contributed by atoms with van der Waals surface area (Å²) >= 11 is 1.36. The molecule has 3 rings (SSSR count). The lowest BCUT2D eigenvalue weighted by Gasteiger charge is -2.23. The highest BCUT2D eigenvalue weighted by atomic mass is 32.1. The third-order valence-electron chi connectivity index (χ3n) is 4.97. The van der Waals surface area contributed by atoms with E-state index in [0.717, 1.165) is 37.4 Å². The van der Waals surface area contributed by atoms with Crippen LogP contribution in [0.25, 0.3) is 0 Å². The van der Waals surface area contributed by atoms with E-state index in [-0.39, 0.29) is 11.8 Å². The Balaban J connectivity index is 1.61. The van der Waals surface area contributed by atoms with Gasteiger partial charge in [-0.15, -0.1) is 11.3 Å². The molecule has 0 spiro atoms. The van der Waals surface area contributed by atoms with E-state index in [4.69, 9.17) is 9.47 Å². The summed E-state index contributed by atoms with van der Waals surface area (Å²) < 4.78 is 10.3. The largest absolute Gasteiger partial charge is 0.497 e. The molecule has 0 bridgehead atoms.